The first kappa shape index (κ1) is 40.3. The van der Waals surface area contributed by atoms with Gasteiger partial charge in [0.05, 0.1) is 10.8 Å². The van der Waals surface area contributed by atoms with E-state index in [2.05, 4.69) is 266 Å². The fraction of sp³-hybridized carbons (Fsp3) is 0.0294. The van der Waals surface area contributed by atoms with Crippen molar-refractivity contribution in [2.24, 2.45) is 0 Å². The Bertz CT molecular complexity index is 3860. The van der Waals surface area contributed by atoms with Gasteiger partial charge in [-0.05, 0) is 139 Å². The van der Waals surface area contributed by atoms with Gasteiger partial charge < -0.3 is 9.64 Å². The minimum atomic E-state index is -0.599. The van der Waals surface area contributed by atoms with Crippen molar-refractivity contribution in [2.75, 3.05) is 4.90 Å². The molecule has 0 saturated heterocycles. The van der Waals surface area contributed by atoms with E-state index in [0.29, 0.717) is 0 Å². The van der Waals surface area contributed by atoms with E-state index < -0.39 is 10.8 Å². The molecule has 0 saturated carbocycles. The monoisotopic (exact) mass is 921 g/mol. The smallest absolute Gasteiger partial charge is 0.132 e. The Kier molecular flexibility index (Phi) is 8.76. The highest BCUT2D eigenvalue weighted by Crippen LogP contribution is 2.65. The summed E-state index contributed by atoms with van der Waals surface area (Å²) >= 11 is 1.88. The molecule has 0 N–H and O–H groups in total. The largest absolute Gasteiger partial charge is 0.457 e. The van der Waals surface area contributed by atoms with E-state index in [-0.39, 0.29) is 0 Å². The molecular formula is C68H43NOS. The highest BCUT2D eigenvalue weighted by atomic mass is 32.2. The average Bonchev–Trinajstić information content (AvgIpc) is 3.89. The number of anilines is 3. The van der Waals surface area contributed by atoms with Gasteiger partial charge in [-0.15, -0.1) is 0 Å². The second-order valence-corrected chi connectivity index (χ2v) is 20.1. The van der Waals surface area contributed by atoms with E-state index in [4.69, 9.17) is 4.74 Å². The molecule has 2 heterocycles. The molecule has 71 heavy (non-hydrogen) atoms. The van der Waals surface area contributed by atoms with Gasteiger partial charge in [0.25, 0.3) is 0 Å². The number of rotatable bonds is 5. The zero-order valence-corrected chi connectivity index (χ0v) is 39.4. The fourth-order valence-corrected chi connectivity index (χ4v) is 13.9. The van der Waals surface area contributed by atoms with Gasteiger partial charge in [-0.1, -0.05) is 212 Å². The van der Waals surface area contributed by atoms with E-state index in [0.717, 1.165) is 39.7 Å². The quantitative estimate of drug-likeness (QED) is 0.171. The lowest BCUT2D eigenvalue weighted by molar-refractivity contribution is 0.436. The van der Waals surface area contributed by atoms with Crippen molar-refractivity contribution in [3.8, 4) is 56.0 Å². The fourth-order valence-electron chi connectivity index (χ4n) is 12.7. The van der Waals surface area contributed by atoms with E-state index in [1.807, 2.05) is 11.8 Å². The number of para-hydroxylation sites is 2. The van der Waals surface area contributed by atoms with Crippen LogP contribution in [-0.4, -0.2) is 0 Å². The van der Waals surface area contributed by atoms with Gasteiger partial charge in [-0.25, -0.2) is 0 Å². The first-order chi connectivity index (χ1) is 35.2. The first-order valence-corrected chi connectivity index (χ1v) is 25.3. The van der Waals surface area contributed by atoms with Crippen molar-refractivity contribution in [1.29, 1.82) is 0 Å². The second-order valence-electron chi connectivity index (χ2n) is 19.1. The average molecular weight is 922 g/mol. The normalized spacial score (nSPS) is 14.2. The maximum Gasteiger partial charge on any atom is 0.132 e. The Labute approximate surface area is 418 Å². The Hall–Kier alpha value is -8.63. The summed E-state index contributed by atoms with van der Waals surface area (Å²) in [7, 11) is 0. The van der Waals surface area contributed by atoms with Crippen LogP contribution in [0.3, 0.4) is 0 Å². The zero-order valence-electron chi connectivity index (χ0n) is 38.6. The van der Waals surface area contributed by atoms with Crippen LogP contribution in [0.15, 0.2) is 271 Å². The minimum absolute atomic E-state index is 0.457. The molecule has 2 aliphatic carbocycles. The maximum absolute atomic E-state index is 6.74. The lowest BCUT2D eigenvalue weighted by Crippen LogP contribution is -2.32. The van der Waals surface area contributed by atoms with E-state index in [9.17, 15) is 0 Å². The molecular weight excluding hydrogens is 879 g/mol. The van der Waals surface area contributed by atoms with Crippen LogP contribution in [0.4, 0.5) is 17.1 Å². The molecule has 0 aromatic heterocycles. The van der Waals surface area contributed by atoms with Crippen LogP contribution in [-0.2, 0) is 10.8 Å². The molecule has 0 bridgehead atoms. The van der Waals surface area contributed by atoms with Crippen molar-refractivity contribution in [3.05, 3.63) is 305 Å². The summed E-state index contributed by atoms with van der Waals surface area (Å²) < 4.78 is 6.74. The molecule has 2 nitrogen and oxygen atoms in total. The van der Waals surface area contributed by atoms with Gasteiger partial charge in [0.15, 0.2) is 0 Å². The number of nitrogens with zero attached hydrogens (tertiary/aromatic N) is 1. The maximum atomic E-state index is 6.74. The SMILES string of the molecule is c1ccc(-c2ccc(-c3ccc(N(c4ccc5c(c4)-c4ccccc4C54c5ccccc5Sc5ccccc54)c4ccc5c(c4)C4(c6ccccc6Oc6ccccc64)c4ccccc4-5)cc3)cc2)cc1. The summed E-state index contributed by atoms with van der Waals surface area (Å²) in [4.78, 5) is 5.08. The molecule has 0 fully saturated rings. The van der Waals surface area contributed by atoms with Gasteiger partial charge in [-0.2, -0.15) is 0 Å². The summed E-state index contributed by atoms with van der Waals surface area (Å²) in [5, 5.41) is 0. The topological polar surface area (TPSA) is 12.5 Å². The number of fused-ring (bicyclic) bond motifs is 18. The predicted molar refractivity (Wildman–Crippen MR) is 291 cm³/mol. The van der Waals surface area contributed by atoms with Gasteiger partial charge in [-0.3, -0.25) is 0 Å². The summed E-state index contributed by atoms with van der Waals surface area (Å²) in [6.07, 6.45) is 0. The van der Waals surface area contributed by atoms with Gasteiger partial charge in [0, 0.05) is 38.0 Å². The molecule has 15 rings (SSSR count). The van der Waals surface area contributed by atoms with Gasteiger partial charge in [0.2, 0.25) is 0 Å². The highest BCUT2D eigenvalue weighted by molar-refractivity contribution is 7.99. The number of ether oxygens (including phenoxy) is 1. The molecule has 0 radical (unpaired) electrons. The highest BCUT2D eigenvalue weighted by Gasteiger charge is 2.52. The second kappa shape index (κ2) is 15.4. The van der Waals surface area contributed by atoms with Crippen LogP contribution in [0.5, 0.6) is 11.5 Å². The Morgan fingerprint density at radius 3 is 1.27 bits per heavy atom. The van der Waals surface area contributed by atoms with Gasteiger partial charge in [0.1, 0.15) is 11.5 Å². The lowest BCUT2D eigenvalue weighted by atomic mass is 9.66. The van der Waals surface area contributed by atoms with Crippen LogP contribution in [0.25, 0.3) is 44.5 Å². The summed E-state index contributed by atoms with van der Waals surface area (Å²) in [6.45, 7) is 0. The van der Waals surface area contributed by atoms with Crippen LogP contribution >= 0.6 is 11.8 Å². The Morgan fingerprint density at radius 2 is 0.662 bits per heavy atom. The van der Waals surface area contributed by atoms with Crippen LogP contribution < -0.4 is 9.64 Å². The van der Waals surface area contributed by atoms with Crippen molar-refractivity contribution >= 4 is 28.8 Å². The zero-order chi connectivity index (χ0) is 46.7. The summed E-state index contributed by atoms with van der Waals surface area (Å²) in [5.41, 5.74) is 22.2. The van der Waals surface area contributed by atoms with E-state index in [1.54, 1.807) is 0 Å². The van der Waals surface area contributed by atoms with Crippen LogP contribution in [0.1, 0.15) is 44.5 Å². The molecule has 0 unspecified atom stereocenters. The molecule has 0 amide bonds. The van der Waals surface area contributed by atoms with Crippen LogP contribution in [0, 0.1) is 0 Å². The third kappa shape index (κ3) is 5.67. The third-order valence-electron chi connectivity index (χ3n) is 15.6. The van der Waals surface area contributed by atoms with E-state index >= 15 is 0 Å². The number of hydrogen-bond acceptors (Lipinski definition) is 3. The number of hydrogen-bond donors (Lipinski definition) is 0. The third-order valence-corrected chi connectivity index (χ3v) is 16.8. The minimum Gasteiger partial charge on any atom is -0.457 e. The first-order valence-electron chi connectivity index (χ1n) is 24.5. The van der Waals surface area contributed by atoms with Crippen molar-refractivity contribution in [2.45, 2.75) is 20.6 Å². The molecule has 4 aliphatic rings. The summed E-state index contributed by atoms with van der Waals surface area (Å²) in [5.74, 6) is 1.78. The molecule has 3 heteroatoms. The van der Waals surface area contributed by atoms with Gasteiger partial charge >= 0.3 is 0 Å². The van der Waals surface area contributed by atoms with Crippen molar-refractivity contribution < 1.29 is 4.74 Å². The Morgan fingerprint density at radius 1 is 0.268 bits per heavy atom. The molecule has 332 valence electrons. The Balaban J connectivity index is 0.949. The number of benzene rings is 11. The molecule has 0 atom stereocenters. The van der Waals surface area contributed by atoms with Crippen LogP contribution in [0.2, 0.25) is 0 Å². The molecule has 2 spiro atoms. The predicted octanol–water partition coefficient (Wildman–Crippen LogP) is 17.8. The molecule has 11 aromatic carbocycles. The lowest BCUT2D eigenvalue weighted by Gasteiger charge is -2.40. The molecule has 2 aliphatic heterocycles. The molecule has 11 aromatic rings. The van der Waals surface area contributed by atoms with Crippen molar-refractivity contribution in [1.82, 2.24) is 0 Å². The standard InChI is InChI=1S/C68H43NOS/c1-2-16-44(17-3-1)45-30-32-46(33-31-45)47-34-36-48(37-35-47)69(49-39-41-57-54(42-49)52-19-5-7-21-56(52)67(57)60-24-10-14-28-65(60)71-66-29-15-11-25-61(66)67)50-38-40-53-51-18-4-6-20-55(51)68(62(53)43-50)58-22-8-12-26-63(58)70-64-27-13-9-23-59(64)68/h1-43H. The summed E-state index contributed by atoms with van der Waals surface area (Å²) in [6, 6.07) is 96.5. The van der Waals surface area contributed by atoms with Crippen molar-refractivity contribution in [3.63, 3.8) is 0 Å². The van der Waals surface area contributed by atoms with E-state index in [1.165, 1.54) is 87.7 Å².